The quantitative estimate of drug-likeness (QED) is 0.768. The van der Waals surface area contributed by atoms with Crippen LogP contribution < -0.4 is 5.32 Å². The van der Waals surface area contributed by atoms with E-state index in [2.05, 4.69) is 26.1 Å². The summed E-state index contributed by atoms with van der Waals surface area (Å²) in [7, 11) is 1.89. The van der Waals surface area contributed by atoms with Gasteiger partial charge in [-0.05, 0) is 51.0 Å². The van der Waals surface area contributed by atoms with Gasteiger partial charge >= 0.3 is 0 Å². The number of ether oxygens (including phenoxy) is 1. The lowest BCUT2D eigenvalue weighted by atomic mass is 9.71. The highest BCUT2D eigenvalue weighted by molar-refractivity contribution is 4.84. The first-order chi connectivity index (χ1) is 8.30. The minimum absolute atomic E-state index is 0.152. The molecule has 0 amide bonds. The zero-order valence-electron chi connectivity index (χ0n) is 12.8. The summed E-state index contributed by atoms with van der Waals surface area (Å²) in [5.41, 5.74) is 0.196. The zero-order chi connectivity index (χ0) is 13.8. The predicted octanol–water partition coefficient (Wildman–Crippen LogP) is 2.58. The molecule has 108 valence electrons. The van der Waals surface area contributed by atoms with Crippen molar-refractivity contribution in [3.63, 3.8) is 0 Å². The summed E-state index contributed by atoms with van der Waals surface area (Å²) in [5, 5.41) is 12.5. The largest absolute Gasteiger partial charge is 0.394 e. The Labute approximate surface area is 112 Å². The van der Waals surface area contributed by atoms with Gasteiger partial charge in [0.25, 0.3) is 0 Å². The van der Waals surface area contributed by atoms with Crippen molar-refractivity contribution in [2.45, 2.75) is 65.0 Å². The van der Waals surface area contributed by atoms with Crippen molar-refractivity contribution in [3.8, 4) is 0 Å². The number of aliphatic hydroxyl groups is 1. The van der Waals surface area contributed by atoms with Crippen molar-refractivity contribution in [2.24, 2.45) is 11.3 Å². The van der Waals surface area contributed by atoms with E-state index in [1.807, 2.05) is 14.0 Å². The van der Waals surface area contributed by atoms with Crippen LogP contribution in [0.1, 0.15) is 53.4 Å². The van der Waals surface area contributed by atoms with E-state index >= 15 is 0 Å². The molecule has 1 rings (SSSR count). The Morgan fingerprint density at radius 3 is 2.56 bits per heavy atom. The maximum Gasteiger partial charge on any atom is 0.0611 e. The van der Waals surface area contributed by atoms with Crippen molar-refractivity contribution in [3.05, 3.63) is 0 Å². The van der Waals surface area contributed by atoms with Crippen molar-refractivity contribution in [2.75, 3.05) is 20.3 Å². The molecule has 1 saturated carbocycles. The predicted molar refractivity (Wildman–Crippen MR) is 75.7 cm³/mol. The topological polar surface area (TPSA) is 41.5 Å². The Kier molecular flexibility index (Phi) is 5.63. The second-order valence-corrected chi connectivity index (χ2v) is 7.12. The molecule has 1 aliphatic rings. The van der Waals surface area contributed by atoms with Crippen LogP contribution in [0.15, 0.2) is 0 Å². The molecule has 0 spiro atoms. The summed E-state index contributed by atoms with van der Waals surface area (Å²) >= 11 is 0. The minimum atomic E-state index is -0.212. The van der Waals surface area contributed by atoms with Crippen LogP contribution in [-0.4, -0.2) is 37.0 Å². The van der Waals surface area contributed by atoms with Crippen molar-refractivity contribution < 1.29 is 9.84 Å². The van der Waals surface area contributed by atoms with Crippen molar-refractivity contribution in [1.82, 2.24) is 5.32 Å². The maximum absolute atomic E-state index is 9.33. The van der Waals surface area contributed by atoms with E-state index in [1.54, 1.807) is 0 Å². The van der Waals surface area contributed by atoms with Gasteiger partial charge in [-0.25, -0.2) is 0 Å². The van der Waals surface area contributed by atoms with Crippen molar-refractivity contribution >= 4 is 0 Å². The third-order valence-corrected chi connectivity index (χ3v) is 4.31. The fourth-order valence-electron chi connectivity index (χ4n) is 3.12. The Morgan fingerprint density at radius 2 is 2.06 bits per heavy atom. The average molecular weight is 257 g/mol. The number of hydrogen-bond acceptors (Lipinski definition) is 3. The van der Waals surface area contributed by atoms with Gasteiger partial charge in [-0.1, -0.05) is 20.8 Å². The fraction of sp³-hybridized carbons (Fsp3) is 1.00. The van der Waals surface area contributed by atoms with Gasteiger partial charge < -0.3 is 15.2 Å². The normalized spacial score (nSPS) is 31.0. The van der Waals surface area contributed by atoms with Crippen LogP contribution in [0.25, 0.3) is 0 Å². The number of nitrogens with one attached hydrogen (secondary N) is 1. The Morgan fingerprint density at radius 1 is 1.39 bits per heavy atom. The first kappa shape index (κ1) is 15.9. The molecule has 3 atom stereocenters. The van der Waals surface area contributed by atoms with E-state index in [0.717, 1.165) is 25.4 Å². The van der Waals surface area contributed by atoms with Gasteiger partial charge in [-0.3, -0.25) is 0 Å². The maximum atomic E-state index is 9.33. The van der Waals surface area contributed by atoms with E-state index < -0.39 is 0 Å². The van der Waals surface area contributed by atoms with Gasteiger partial charge in [0.15, 0.2) is 0 Å². The summed E-state index contributed by atoms with van der Waals surface area (Å²) in [6.45, 7) is 9.91. The van der Waals surface area contributed by atoms with Gasteiger partial charge in [-0.2, -0.15) is 0 Å². The summed E-state index contributed by atoms with van der Waals surface area (Å²) in [5.74, 6) is 0.757. The van der Waals surface area contributed by atoms with Crippen LogP contribution in [-0.2, 0) is 4.74 Å². The molecule has 0 aromatic rings. The molecule has 0 bridgehead atoms. The third kappa shape index (κ3) is 4.87. The molecular weight excluding hydrogens is 226 g/mol. The van der Waals surface area contributed by atoms with Gasteiger partial charge in [0, 0.05) is 12.1 Å². The summed E-state index contributed by atoms with van der Waals surface area (Å²) in [6.07, 6.45) is 4.89. The molecule has 18 heavy (non-hydrogen) atoms. The standard InChI is InChI=1S/C15H31NO2/c1-12-8-13(10-14(2,3)9-12)18-7-6-15(4,11-17)16-5/h12-13,16-17H,6-11H2,1-5H3. The number of aliphatic hydroxyl groups excluding tert-OH is 1. The minimum Gasteiger partial charge on any atom is -0.394 e. The molecule has 1 fully saturated rings. The second-order valence-electron chi connectivity index (χ2n) is 7.12. The number of likely N-dealkylation sites (N-methyl/N-ethyl adjacent to an activating group) is 1. The zero-order valence-corrected chi connectivity index (χ0v) is 12.8. The van der Waals surface area contributed by atoms with Crippen molar-refractivity contribution in [1.29, 1.82) is 0 Å². The molecule has 3 unspecified atom stereocenters. The summed E-state index contributed by atoms with van der Waals surface area (Å²) in [6, 6.07) is 0. The van der Waals surface area contributed by atoms with Gasteiger partial charge in [0.05, 0.1) is 12.7 Å². The molecule has 2 N–H and O–H groups in total. The van der Waals surface area contributed by atoms with E-state index in [9.17, 15) is 5.11 Å². The number of hydrogen-bond donors (Lipinski definition) is 2. The Bertz CT molecular complexity index is 249. The Hall–Kier alpha value is -0.120. The second kappa shape index (κ2) is 6.36. The van der Waals surface area contributed by atoms with Gasteiger partial charge in [0.2, 0.25) is 0 Å². The molecule has 1 aliphatic carbocycles. The molecular formula is C15H31NO2. The van der Waals surface area contributed by atoms with Gasteiger partial charge in [-0.15, -0.1) is 0 Å². The lowest BCUT2D eigenvalue weighted by Gasteiger charge is -2.39. The molecule has 0 aromatic carbocycles. The monoisotopic (exact) mass is 257 g/mol. The highest BCUT2D eigenvalue weighted by Crippen LogP contribution is 2.39. The third-order valence-electron chi connectivity index (χ3n) is 4.31. The fourth-order valence-corrected chi connectivity index (χ4v) is 3.12. The first-order valence-electron chi connectivity index (χ1n) is 7.22. The van der Waals surface area contributed by atoms with Crippen LogP contribution in [0, 0.1) is 11.3 Å². The van der Waals surface area contributed by atoms with E-state index in [-0.39, 0.29) is 12.1 Å². The SMILES string of the molecule is CNC(C)(CO)CCOC1CC(C)CC(C)(C)C1. The van der Waals surface area contributed by atoms with Crippen LogP contribution >= 0.6 is 0 Å². The van der Waals surface area contributed by atoms with E-state index in [1.165, 1.54) is 12.8 Å². The Balaban J connectivity index is 2.35. The molecule has 0 saturated heterocycles. The smallest absolute Gasteiger partial charge is 0.0611 e. The van der Waals surface area contributed by atoms with Crippen LogP contribution in [0.5, 0.6) is 0 Å². The van der Waals surface area contributed by atoms with Gasteiger partial charge in [0.1, 0.15) is 0 Å². The lowest BCUT2D eigenvalue weighted by molar-refractivity contribution is -0.0314. The molecule has 3 nitrogen and oxygen atoms in total. The molecule has 0 aromatic heterocycles. The summed E-state index contributed by atoms with van der Waals surface area (Å²) in [4.78, 5) is 0. The highest BCUT2D eigenvalue weighted by atomic mass is 16.5. The first-order valence-corrected chi connectivity index (χ1v) is 7.22. The molecule has 3 heteroatoms. The molecule has 0 heterocycles. The average Bonchev–Trinajstić information content (AvgIpc) is 2.26. The molecule has 0 aliphatic heterocycles. The molecule has 0 radical (unpaired) electrons. The van der Waals surface area contributed by atoms with Crippen LogP contribution in [0.4, 0.5) is 0 Å². The lowest BCUT2D eigenvalue weighted by Crippen LogP contribution is -2.44. The van der Waals surface area contributed by atoms with Crippen LogP contribution in [0.2, 0.25) is 0 Å². The highest BCUT2D eigenvalue weighted by Gasteiger charge is 2.32. The number of rotatable bonds is 6. The van der Waals surface area contributed by atoms with E-state index in [4.69, 9.17) is 4.74 Å². The van der Waals surface area contributed by atoms with Crippen LogP contribution in [0.3, 0.4) is 0 Å². The van der Waals surface area contributed by atoms with E-state index in [0.29, 0.717) is 11.5 Å². The summed E-state index contributed by atoms with van der Waals surface area (Å²) < 4.78 is 6.04.